The molecular formula is C13H21NOS. The highest BCUT2D eigenvalue weighted by Crippen LogP contribution is 2.25. The van der Waals surface area contributed by atoms with E-state index in [9.17, 15) is 0 Å². The Morgan fingerprint density at radius 1 is 1.38 bits per heavy atom. The molecule has 0 atom stereocenters. The van der Waals surface area contributed by atoms with Gasteiger partial charge in [-0.15, -0.1) is 0 Å². The lowest BCUT2D eigenvalue weighted by Crippen LogP contribution is -1.99. The molecule has 2 nitrogen and oxygen atoms in total. The molecule has 0 heterocycles. The first-order valence-corrected chi connectivity index (χ1v) is 6.76. The summed E-state index contributed by atoms with van der Waals surface area (Å²) in [5, 5.41) is 0. The maximum Gasteiger partial charge on any atom is 0.122 e. The number of thioether (sulfide) groups is 1. The van der Waals surface area contributed by atoms with Gasteiger partial charge in [0.2, 0.25) is 0 Å². The van der Waals surface area contributed by atoms with E-state index in [-0.39, 0.29) is 0 Å². The van der Waals surface area contributed by atoms with Crippen molar-refractivity contribution in [3.8, 4) is 5.75 Å². The number of hydrogen-bond donors (Lipinski definition) is 1. The van der Waals surface area contributed by atoms with Crippen LogP contribution in [0.25, 0.3) is 0 Å². The second-order valence-corrected chi connectivity index (χ2v) is 5.29. The summed E-state index contributed by atoms with van der Waals surface area (Å²) in [5.41, 5.74) is 8.05. The molecule has 1 aromatic carbocycles. The number of benzene rings is 1. The molecule has 0 spiro atoms. The molecule has 1 aromatic rings. The lowest BCUT2D eigenvalue weighted by atomic mass is 10.1. The predicted molar refractivity (Wildman–Crippen MR) is 71.9 cm³/mol. The molecule has 0 aliphatic carbocycles. The molecule has 0 saturated heterocycles. The molecule has 0 aromatic heterocycles. The van der Waals surface area contributed by atoms with Crippen molar-refractivity contribution in [1.82, 2.24) is 0 Å². The third-order valence-electron chi connectivity index (χ3n) is 2.29. The van der Waals surface area contributed by atoms with E-state index in [1.54, 1.807) is 7.11 Å². The summed E-state index contributed by atoms with van der Waals surface area (Å²) in [6.07, 6.45) is 0. The minimum Gasteiger partial charge on any atom is -0.496 e. The zero-order valence-electron chi connectivity index (χ0n) is 10.3. The Morgan fingerprint density at radius 2 is 2.12 bits per heavy atom. The van der Waals surface area contributed by atoms with E-state index in [0.29, 0.717) is 6.54 Å². The lowest BCUT2D eigenvalue weighted by Gasteiger charge is -2.10. The highest BCUT2D eigenvalue weighted by atomic mass is 32.2. The van der Waals surface area contributed by atoms with Gasteiger partial charge in [-0.05, 0) is 29.4 Å². The van der Waals surface area contributed by atoms with Gasteiger partial charge >= 0.3 is 0 Å². The van der Waals surface area contributed by atoms with Gasteiger partial charge in [-0.2, -0.15) is 11.8 Å². The van der Waals surface area contributed by atoms with Crippen LogP contribution in [-0.4, -0.2) is 12.9 Å². The van der Waals surface area contributed by atoms with Crippen LogP contribution in [0.1, 0.15) is 25.0 Å². The normalized spacial score (nSPS) is 10.8. The molecule has 0 radical (unpaired) electrons. The molecule has 1 rings (SSSR count). The molecule has 3 heteroatoms. The van der Waals surface area contributed by atoms with Gasteiger partial charge in [-0.25, -0.2) is 0 Å². The molecule has 2 N–H and O–H groups in total. The Hall–Kier alpha value is -0.670. The maximum atomic E-state index is 5.64. The molecule has 0 aliphatic rings. The van der Waals surface area contributed by atoms with E-state index < -0.39 is 0 Å². The minimum atomic E-state index is 0.589. The van der Waals surface area contributed by atoms with E-state index in [4.69, 9.17) is 10.5 Å². The zero-order chi connectivity index (χ0) is 12.0. The van der Waals surface area contributed by atoms with Gasteiger partial charge in [0.15, 0.2) is 0 Å². The molecule has 0 fully saturated rings. The minimum absolute atomic E-state index is 0.589. The van der Waals surface area contributed by atoms with E-state index in [1.807, 2.05) is 23.9 Å². The van der Waals surface area contributed by atoms with Gasteiger partial charge < -0.3 is 10.5 Å². The van der Waals surface area contributed by atoms with E-state index in [2.05, 4.69) is 19.9 Å². The Morgan fingerprint density at radius 3 is 2.69 bits per heavy atom. The number of ether oxygens (including phenoxy) is 1. The maximum absolute atomic E-state index is 5.64. The monoisotopic (exact) mass is 239 g/mol. The Balaban J connectivity index is 2.67. The summed E-state index contributed by atoms with van der Waals surface area (Å²) >= 11 is 1.94. The average molecular weight is 239 g/mol. The fourth-order valence-corrected chi connectivity index (χ4v) is 2.51. The van der Waals surface area contributed by atoms with Gasteiger partial charge in [-0.3, -0.25) is 0 Å². The molecule has 0 unspecified atom stereocenters. The van der Waals surface area contributed by atoms with Crippen molar-refractivity contribution in [3.05, 3.63) is 29.3 Å². The Bertz CT molecular complexity index is 326. The fourth-order valence-electron chi connectivity index (χ4n) is 1.48. The van der Waals surface area contributed by atoms with Crippen LogP contribution in [0.5, 0.6) is 5.75 Å². The van der Waals surface area contributed by atoms with Crippen molar-refractivity contribution in [1.29, 1.82) is 0 Å². The fraction of sp³-hybridized carbons (Fsp3) is 0.538. The van der Waals surface area contributed by atoms with Crippen molar-refractivity contribution < 1.29 is 4.74 Å². The summed E-state index contributed by atoms with van der Waals surface area (Å²) in [6, 6.07) is 6.18. The van der Waals surface area contributed by atoms with Crippen LogP contribution in [0.3, 0.4) is 0 Å². The molecule has 0 saturated carbocycles. The molecule has 90 valence electrons. The van der Waals surface area contributed by atoms with Crippen LogP contribution >= 0.6 is 11.8 Å². The van der Waals surface area contributed by atoms with Gasteiger partial charge in [0.05, 0.1) is 7.11 Å². The zero-order valence-corrected chi connectivity index (χ0v) is 11.1. The first-order chi connectivity index (χ1) is 7.67. The smallest absolute Gasteiger partial charge is 0.122 e. The predicted octanol–water partition coefficient (Wildman–Crippen LogP) is 3.04. The largest absolute Gasteiger partial charge is 0.496 e. The summed E-state index contributed by atoms with van der Waals surface area (Å²) < 4.78 is 5.35. The Labute approximate surface area is 103 Å². The van der Waals surface area contributed by atoms with Crippen molar-refractivity contribution in [2.45, 2.75) is 26.1 Å². The van der Waals surface area contributed by atoms with Gasteiger partial charge in [0.1, 0.15) is 5.75 Å². The van der Waals surface area contributed by atoms with Crippen molar-refractivity contribution >= 4 is 11.8 Å². The second-order valence-electron chi connectivity index (χ2n) is 4.26. The summed E-state index contributed by atoms with van der Waals surface area (Å²) in [6.45, 7) is 5.06. The number of rotatable bonds is 6. The summed E-state index contributed by atoms with van der Waals surface area (Å²) in [5.74, 6) is 3.87. The van der Waals surface area contributed by atoms with Crippen LogP contribution in [0.2, 0.25) is 0 Å². The van der Waals surface area contributed by atoms with Gasteiger partial charge in [0.25, 0.3) is 0 Å². The van der Waals surface area contributed by atoms with Crippen molar-refractivity contribution in [2.75, 3.05) is 12.9 Å². The number of nitrogens with two attached hydrogens (primary N) is 1. The van der Waals surface area contributed by atoms with Crippen LogP contribution in [-0.2, 0) is 12.3 Å². The highest BCUT2D eigenvalue weighted by Gasteiger charge is 2.04. The SMILES string of the molecule is COc1ccc(CN)cc1CSCC(C)C. The summed E-state index contributed by atoms with van der Waals surface area (Å²) in [7, 11) is 1.72. The second kappa shape index (κ2) is 6.81. The standard InChI is InChI=1S/C13H21NOS/c1-10(2)8-16-9-12-6-11(7-14)4-5-13(12)15-3/h4-6,10H,7-9,14H2,1-3H3. The first-order valence-electron chi connectivity index (χ1n) is 5.61. The first kappa shape index (κ1) is 13.4. The number of methoxy groups -OCH3 is 1. The highest BCUT2D eigenvalue weighted by molar-refractivity contribution is 7.98. The average Bonchev–Trinajstić information content (AvgIpc) is 2.28. The quantitative estimate of drug-likeness (QED) is 0.828. The molecule has 0 aliphatic heterocycles. The third-order valence-corrected chi connectivity index (χ3v) is 3.71. The topological polar surface area (TPSA) is 35.2 Å². The van der Waals surface area contributed by atoms with E-state index >= 15 is 0 Å². The van der Waals surface area contributed by atoms with Crippen LogP contribution < -0.4 is 10.5 Å². The van der Waals surface area contributed by atoms with Crippen molar-refractivity contribution in [3.63, 3.8) is 0 Å². The van der Waals surface area contributed by atoms with Gasteiger partial charge in [-0.1, -0.05) is 19.9 Å². The van der Waals surface area contributed by atoms with Crippen LogP contribution in [0.4, 0.5) is 0 Å². The summed E-state index contributed by atoms with van der Waals surface area (Å²) in [4.78, 5) is 0. The molecule has 0 amide bonds. The van der Waals surface area contributed by atoms with Crippen molar-refractivity contribution in [2.24, 2.45) is 11.7 Å². The van der Waals surface area contributed by atoms with E-state index in [0.717, 1.165) is 17.4 Å². The van der Waals surface area contributed by atoms with Crippen LogP contribution in [0, 0.1) is 5.92 Å². The molecule has 16 heavy (non-hydrogen) atoms. The van der Waals surface area contributed by atoms with Gasteiger partial charge in [0, 0.05) is 17.9 Å². The van der Waals surface area contributed by atoms with Crippen LogP contribution in [0.15, 0.2) is 18.2 Å². The molecular weight excluding hydrogens is 218 g/mol. The third kappa shape index (κ3) is 4.06. The Kier molecular flexibility index (Phi) is 5.71. The number of hydrogen-bond acceptors (Lipinski definition) is 3. The molecule has 0 bridgehead atoms. The lowest BCUT2D eigenvalue weighted by molar-refractivity contribution is 0.411. The van der Waals surface area contributed by atoms with E-state index in [1.165, 1.54) is 16.9 Å².